The van der Waals surface area contributed by atoms with E-state index in [1.54, 1.807) is 0 Å². The van der Waals surface area contributed by atoms with Gasteiger partial charge in [0.15, 0.2) is 15.6 Å². The fourth-order valence-corrected chi connectivity index (χ4v) is 3.77. The second kappa shape index (κ2) is 5.36. The van der Waals surface area contributed by atoms with Crippen LogP contribution in [-0.4, -0.2) is 20.0 Å². The van der Waals surface area contributed by atoms with Gasteiger partial charge in [0.2, 0.25) is 0 Å². The molecule has 6 heteroatoms. The van der Waals surface area contributed by atoms with Gasteiger partial charge in [-0.3, -0.25) is 4.79 Å². The van der Waals surface area contributed by atoms with Crippen LogP contribution in [0.5, 0.6) is 0 Å². The van der Waals surface area contributed by atoms with Gasteiger partial charge in [0.1, 0.15) is 22.3 Å². The second-order valence-electron chi connectivity index (χ2n) is 4.78. The molecule has 0 bridgehead atoms. The second-order valence-corrected chi connectivity index (χ2v) is 6.74. The number of sulfone groups is 1. The van der Waals surface area contributed by atoms with Gasteiger partial charge in [-0.05, 0) is 31.0 Å². The van der Waals surface area contributed by atoms with E-state index in [0.29, 0.717) is 18.9 Å². The van der Waals surface area contributed by atoms with Gasteiger partial charge in [-0.1, -0.05) is 12.8 Å². The van der Waals surface area contributed by atoms with Gasteiger partial charge in [-0.25, -0.2) is 17.2 Å². The number of hydrogen-bond donors (Lipinski definition) is 0. The Bertz CT molecular complexity index is 590. The van der Waals surface area contributed by atoms with Crippen LogP contribution in [0.25, 0.3) is 0 Å². The zero-order valence-corrected chi connectivity index (χ0v) is 11.1. The highest BCUT2D eigenvalue weighted by molar-refractivity contribution is 7.92. The topological polar surface area (TPSA) is 51.2 Å². The Hall–Kier alpha value is -1.30. The average molecular weight is 288 g/mol. The van der Waals surface area contributed by atoms with Crippen LogP contribution in [-0.2, 0) is 14.6 Å². The molecule has 0 radical (unpaired) electrons. The molecule has 3 nitrogen and oxygen atoms in total. The zero-order chi connectivity index (χ0) is 14.0. The summed E-state index contributed by atoms with van der Waals surface area (Å²) in [6, 6.07) is 2.21. The number of hydrogen-bond acceptors (Lipinski definition) is 3. The van der Waals surface area contributed by atoms with Crippen molar-refractivity contribution in [2.45, 2.75) is 30.6 Å². The van der Waals surface area contributed by atoms with Crippen molar-refractivity contribution >= 4 is 15.6 Å². The van der Waals surface area contributed by atoms with Crippen molar-refractivity contribution in [3.63, 3.8) is 0 Å². The molecular formula is C13H14F2O3S. The number of halogens is 2. The van der Waals surface area contributed by atoms with Gasteiger partial charge in [-0.15, -0.1) is 0 Å². The van der Waals surface area contributed by atoms with E-state index in [9.17, 15) is 22.0 Å². The highest BCUT2D eigenvalue weighted by Crippen LogP contribution is 2.27. The molecule has 2 rings (SSSR count). The molecular weight excluding hydrogens is 274 g/mol. The summed E-state index contributed by atoms with van der Waals surface area (Å²) in [5, 5.41) is 0. The quantitative estimate of drug-likeness (QED) is 0.855. The maximum Gasteiger partial charge on any atom is 0.188 e. The molecule has 1 aromatic rings. The van der Waals surface area contributed by atoms with E-state index in [-0.39, 0.29) is 5.92 Å². The van der Waals surface area contributed by atoms with Crippen LogP contribution in [0.2, 0.25) is 0 Å². The maximum absolute atomic E-state index is 13.4. The van der Waals surface area contributed by atoms with Crippen LogP contribution >= 0.6 is 0 Å². The minimum absolute atomic E-state index is 0.258. The Labute approximate surface area is 110 Å². The zero-order valence-electron chi connectivity index (χ0n) is 10.2. The molecule has 104 valence electrons. The van der Waals surface area contributed by atoms with Crippen LogP contribution in [0.15, 0.2) is 23.1 Å². The van der Waals surface area contributed by atoms with E-state index in [1.807, 2.05) is 0 Å². The molecule has 1 aliphatic rings. The Balaban J connectivity index is 2.22. The Morgan fingerprint density at radius 3 is 2.47 bits per heavy atom. The molecule has 0 atom stereocenters. The van der Waals surface area contributed by atoms with Crippen molar-refractivity contribution < 1.29 is 22.0 Å². The maximum atomic E-state index is 13.4. The molecule has 1 aromatic carbocycles. The molecule has 0 saturated heterocycles. The number of carbonyl (C=O) groups is 1. The molecule has 0 amide bonds. The molecule has 1 fully saturated rings. The lowest BCUT2D eigenvalue weighted by molar-refractivity contribution is -0.120. The van der Waals surface area contributed by atoms with Crippen LogP contribution in [0, 0.1) is 17.6 Å². The van der Waals surface area contributed by atoms with Crippen molar-refractivity contribution in [3.05, 3.63) is 29.8 Å². The van der Waals surface area contributed by atoms with E-state index in [1.165, 1.54) is 0 Å². The number of rotatable bonds is 4. The lowest BCUT2D eigenvalue weighted by Crippen LogP contribution is -2.23. The highest BCUT2D eigenvalue weighted by atomic mass is 32.2. The Morgan fingerprint density at radius 1 is 1.21 bits per heavy atom. The molecule has 1 aliphatic carbocycles. The van der Waals surface area contributed by atoms with Crippen molar-refractivity contribution in [2.24, 2.45) is 5.92 Å². The summed E-state index contributed by atoms with van der Waals surface area (Å²) in [5.41, 5.74) is 0. The number of carbonyl (C=O) groups excluding carboxylic acids is 1. The van der Waals surface area contributed by atoms with Crippen LogP contribution < -0.4 is 0 Å². The van der Waals surface area contributed by atoms with E-state index in [2.05, 4.69) is 0 Å². The molecule has 1 saturated carbocycles. The molecule has 0 spiro atoms. The first kappa shape index (κ1) is 14.1. The lowest BCUT2D eigenvalue weighted by Gasteiger charge is -2.09. The molecule has 0 aromatic heterocycles. The normalized spacial score (nSPS) is 16.7. The third-order valence-corrected chi connectivity index (χ3v) is 5.02. The van der Waals surface area contributed by atoms with Gasteiger partial charge in [0.25, 0.3) is 0 Å². The van der Waals surface area contributed by atoms with Crippen LogP contribution in [0.3, 0.4) is 0 Å². The van der Waals surface area contributed by atoms with Gasteiger partial charge >= 0.3 is 0 Å². The lowest BCUT2D eigenvalue weighted by atomic mass is 10.0. The SMILES string of the molecule is O=C(CS(=O)(=O)c1cc(F)ccc1F)C1CCCC1. The first-order valence-electron chi connectivity index (χ1n) is 6.10. The standard InChI is InChI=1S/C13H14F2O3S/c14-10-5-6-11(15)13(7-10)19(17,18)8-12(16)9-3-1-2-4-9/h5-7,9H,1-4,8H2. The van der Waals surface area contributed by atoms with Crippen molar-refractivity contribution in [1.82, 2.24) is 0 Å². The summed E-state index contributed by atoms with van der Waals surface area (Å²) < 4.78 is 50.3. The van der Waals surface area contributed by atoms with E-state index in [0.717, 1.165) is 25.0 Å². The van der Waals surface area contributed by atoms with E-state index < -0.39 is 37.9 Å². The van der Waals surface area contributed by atoms with Gasteiger partial charge in [0.05, 0.1) is 0 Å². The fourth-order valence-electron chi connectivity index (χ4n) is 2.35. The monoisotopic (exact) mass is 288 g/mol. The van der Waals surface area contributed by atoms with Gasteiger partial charge in [0, 0.05) is 5.92 Å². The van der Waals surface area contributed by atoms with Crippen LogP contribution in [0.4, 0.5) is 8.78 Å². The highest BCUT2D eigenvalue weighted by Gasteiger charge is 2.29. The van der Waals surface area contributed by atoms with Crippen LogP contribution in [0.1, 0.15) is 25.7 Å². The summed E-state index contributed by atoms with van der Waals surface area (Å²) in [4.78, 5) is 11.1. The number of ketones is 1. The smallest absolute Gasteiger partial charge is 0.188 e. The third-order valence-electron chi connectivity index (χ3n) is 3.37. The van der Waals surface area contributed by atoms with Crippen molar-refractivity contribution in [2.75, 3.05) is 5.75 Å². The summed E-state index contributed by atoms with van der Waals surface area (Å²) in [6.07, 6.45) is 3.18. The molecule has 0 aliphatic heterocycles. The first-order valence-corrected chi connectivity index (χ1v) is 7.76. The molecule has 0 heterocycles. The molecule has 19 heavy (non-hydrogen) atoms. The molecule has 0 unspecified atom stereocenters. The van der Waals surface area contributed by atoms with Crippen molar-refractivity contribution in [1.29, 1.82) is 0 Å². The molecule has 0 N–H and O–H groups in total. The number of Topliss-reactive ketones (excluding diaryl/α,β-unsaturated/α-hetero) is 1. The Morgan fingerprint density at radius 2 is 1.84 bits per heavy atom. The Kier molecular flexibility index (Phi) is 3.99. The van der Waals surface area contributed by atoms with E-state index >= 15 is 0 Å². The predicted molar refractivity (Wildman–Crippen MR) is 65.4 cm³/mol. The first-order chi connectivity index (χ1) is 8.90. The van der Waals surface area contributed by atoms with Gasteiger partial charge in [-0.2, -0.15) is 0 Å². The summed E-state index contributed by atoms with van der Waals surface area (Å²) >= 11 is 0. The third kappa shape index (κ3) is 3.18. The van der Waals surface area contributed by atoms with Gasteiger partial charge < -0.3 is 0 Å². The summed E-state index contributed by atoms with van der Waals surface area (Å²) in [5.74, 6) is -3.28. The largest absolute Gasteiger partial charge is 0.298 e. The minimum atomic E-state index is -4.11. The predicted octanol–water partition coefficient (Wildman–Crippen LogP) is 2.50. The van der Waals surface area contributed by atoms with E-state index in [4.69, 9.17) is 0 Å². The minimum Gasteiger partial charge on any atom is -0.298 e. The fraction of sp³-hybridized carbons (Fsp3) is 0.462. The van der Waals surface area contributed by atoms with Crippen molar-refractivity contribution in [3.8, 4) is 0 Å². The summed E-state index contributed by atoms with van der Waals surface area (Å²) in [6.45, 7) is 0. The number of benzene rings is 1. The average Bonchev–Trinajstić information content (AvgIpc) is 2.85. The summed E-state index contributed by atoms with van der Waals surface area (Å²) in [7, 11) is -4.11.